The van der Waals surface area contributed by atoms with Crippen LogP contribution in [0.4, 0.5) is 0 Å². The molecule has 2 aromatic heterocycles. The van der Waals surface area contributed by atoms with Gasteiger partial charge >= 0.3 is 0 Å². The zero-order chi connectivity index (χ0) is 17.9. The summed E-state index contributed by atoms with van der Waals surface area (Å²) in [5, 5.41) is 4.03. The molecule has 1 aromatic carbocycles. The molecule has 0 bridgehead atoms. The van der Waals surface area contributed by atoms with Crippen LogP contribution in [0, 0.1) is 6.92 Å². The first-order valence-corrected chi connectivity index (χ1v) is 9.26. The van der Waals surface area contributed by atoms with Crippen molar-refractivity contribution in [3.63, 3.8) is 0 Å². The fourth-order valence-electron chi connectivity index (χ4n) is 2.49. The van der Waals surface area contributed by atoms with Gasteiger partial charge in [0.2, 0.25) is 10.0 Å². The molecule has 0 aliphatic carbocycles. The molecule has 0 spiro atoms. The van der Waals surface area contributed by atoms with E-state index in [4.69, 9.17) is 4.74 Å². The third-order valence-corrected chi connectivity index (χ3v) is 5.26. The van der Waals surface area contributed by atoms with Gasteiger partial charge in [-0.05, 0) is 49.1 Å². The summed E-state index contributed by atoms with van der Waals surface area (Å²) < 4.78 is 34.1. The summed E-state index contributed by atoms with van der Waals surface area (Å²) in [7, 11) is -1.98. The van der Waals surface area contributed by atoms with E-state index in [0.29, 0.717) is 30.9 Å². The summed E-state index contributed by atoms with van der Waals surface area (Å²) in [6, 6.07) is 4.80. The van der Waals surface area contributed by atoms with E-state index in [1.165, 1.54) is 12.4 Å². The average molecular weight is 361 g/mol. The first kappa shape index (κ1) is 17.3. The number of benzene rings is 1. The van der Waals surface area contributed by atoms with Crippen LogP contribution < -0.4 is 9.46 Å². The molecule has 0 aliphatic rings. The highest BCUT2D eigenvalue weighted by Gasteiger charge is 2.14. The second-order valence-corrected chi connectivity index (χ2v) is 7.37. The van der Waals surface area contributed by atoms with Crippen LogP contribution in [0.3, 0.4) is 0 Å². The van der Waals surface area contributed by atoms with Crippen LogP contribution in [-0.4, -0.2) is 41.7 Å². The maximum absolute atomic E-state index is 12.3. The third kappa shape index (κ3) is 3.94. The molecule has 0 fully saturated rings. The van der Waals surface area contributed by atoms with E-state index in [9.17, 15) is 8.42 Å². The first-order valence-electron chi connectivity index (χ1n) is 7.78. The van der Waals surface area contributed by atoms with Gasteiger partial charge in [-0.3, -0.25) is 0 Å². The van der Waals surface area contributed by atoms with Crippen molar-refractivity contribution in [3.8, 4) is 5.75 Å². The van der Waals surface area contributed by atoms with E-state index >= 15 is 0 Å². The van der Waals surface area contributed by atoms with E-state index < -0.39 is 10.0 Å². The van der Waals surface area contributed by atoms with Crippen molar-refractivity contribution >= 4 is 15.8 Å². The number of aryl methyl sites for hydroxylation is 2. The Kier molecular flexibility index (Phi) is 4.95. The molecule has 0 atom stereocenters. The highest BCUT2D eigenvalue weighted by molar-refractivity contribution is 7.89. The zero-order valence-electron chi connectivity index (χ0n) is 14.0. The number of hydrogen-bond donors (Lipinski definition) is 1. The minimum atomic E-state index is -3.54. The van der Waals surface area contributed by atoms with Gasteiger partial charge in [-0.25, -0.2) is 22.6 Å². The molecule has 0 saturated carbocycles. The topological polar surface area (TPSA) is 98.5 Å². The largest absolute Gasteiger partial charge is 0.496 e. The predicted octanol–water partition coefficient (Wildman–Crippen LogP) is 1.35. The van der Waals surface area contributed by atoms with Gasteiger partial charge in [0.25, 0.3) is 5.78 Å². The van der Waals surface area contributed by atoms with Gasteiger partial charge in [0, 0.05) is 18.9 Å². The Morgan fingerprint density at radius 1 is 1.28 bits per heavy atom. The summed E-state index contributed by atoms with van der Waals surface area (Å²) in [4.78, 5) is 8.40. The molecule has 2 heterocycles. The SMILES string of the molecule is COc1ccc(S(=O)(=O)NCCCc2cnc3ncnn3c2)cc1C. The van der Waals surface area contributed by atoms with Gasteiger partial charge in [0.15, 0.2) is 0 Å². The summed E-state index contributed by atoms with van der Waals surface area (Å²) in [5.74, 6) is 1.20. The number of ether oxygens (including phenoxy) is 1. The second-order valence-electron chi connectivity index (χ2n) is 5.60. The molecule has 0 saturated heterocycles. The Morgan fingerprint density at radius 2 is 2.12 bits per heavy atom. The highest BCUT2D eigenvalue weighted by Crippen LogP contribution is 2.21. The van der Waals surface area contributed by atoms with E-state index in [1.807, 2.05) is 13.1 Å². The summed E-state index contributed by atoms with van der Waals surface area (Å²) >= 11 is 0. The zero-order valence-corrected chi connectivity index (χ0v) is 14.8. The second kappa shape index (κ2) is 7.16. The monoisotopic (exact) mass is 361 g/mol. The number of nitrogens with one attached hydrogen (secondary N) is 1. The number of aromatic nitrogens is 4. The number of sulfonamides is 1. The standard InChI is InChI=1S/C16H19N5O3S/c1-12-8-14(5-6-15(12)24-2)25(22,23)20-7-3-4-13-9-17-16-18-11-19-21(16)10-13/h5-6,8-11,20H,3-4,7H2,1-2H3. The van der Waals surface area contributed by atoms with Gasteiger partial charge < -0.3 is 4.74 Å². The maximum atomic E-state index is 12.3. The molecule has 9 heteroatoms. The van der Waals surface area contributed by atoms with Crippen molar-refractivity contribution in [2.75, 3.05) is 13.7 Å². The number of methoxy groups -OCH3 is 1. The molecule has 0 unspecified atom stereocenters. The molecule has 3 aromatic rings. The Morgan fingerprint density at radius 3 is 2.88 bits per heavy atom. The first-order chi connectivity index (χ1) is 12.0. The lowest BCUT2D eigenvalue weighted by Crippen LogP contribution is -2.25. The van der Waals surface area contributed by atoms with Crippen molar-refractivity contribution < 1.29 is 13.2 Å². The quantitative estimate of drug-likeness (QED) is 0.638. The number of fused-ring (bicyclic) bond motifs is 1. The van der Waals surface area contributed by atoms with Crippen LogP contribution in [-0.2, 0) is 16.4 Å². The third-order valence-electron chi connectivity index (χ3n) is 3.80. The van der Waals surface area contributed by atoms with Crippen LogP contribution in [0.5, 0.6) is 5.75 Å². The van der Waals surface area contributed by atoms with Crippen molar-refractivity contribution in [3.05, 3.63) is 48.0 Å². The van der Waals surface area contributed by atoms with Gasteiger partial charge in [-0.1, -0.05) is 0 Å². The molecule has 25 heavy (non-hydrogen) atoms. The molecule has 0 aliphatic heterocycles. The number of rotatable bonds is 7. The lowest BCUT2D eigenvalue weighted by atomic mass is 10.2. The minimum absolute atomic E-state index is 0.233. The van der Waals surface area contributed by atoms with Gasteiger partial charge in [-0.15, -0.1) is 0 Å². The Balaban J connectivity index is 1.57. The van der Waals surface area contributed by atoms with Gasteiger partial charge in [-0.2, -0.15) is 10.1 Å². The summed E-state index contributed by atoms with van der Waals surface area (Å²) in [6.45, 7) is 2.15. The average Bonchev–Trinajstić information content (AvgIpc) is 3.06. The fourth-order valence-corrected chi connectivity index (χ4v) is 3.65. The van der Waals surface area contributed by atoms with Crippen molar-refractivity contribution in [1.29, 1.82) is 0 Å². The van der Waals surface area contributed by atoms with E-state index in [0.717, 1.165) is 11.1 Å². The molecular weight excluding hydrogens is 342 g/mol. The predicted molar refractivity (Wildman–Crippen MR) is 92.0 cm³/mol. The summed E-state index contributed by atoms with van der Waals surface area (Å²) in [6.07, 6.45) is 6.35. The molecule has 0 radical (unpaired) electrons. The lowest BCUT2D eigenvalue weighted by molar-refractivity contribution is 0.411. The van der Waals surface area contributed by atoms with Crippen molar-refractivity contribution in [1.82, 2.24) is 24.3 Å². The van der Waals surface area contributed by atoms with Crippen LogP contribution in [0.25, 0.3) is 5.78 Å². The Labute approximate surface area is 145 Å². The minimum Gasteiger partial charge on any atom is -0.496 e. The normalized spacial score (nSPS) is 11.8. The van der Waals surface area contributed by atoms with E-state index in [-0.39, 0.29) is 4.90 Å². The molecule has 1 N–H and O–H groups in total. The number of hydrogen-bond acceptors (Lipinski definition) is 6. The molecule has 0 amide bonds. The van der Waals surface area contributed by atoms with Crippen molar-refractivity contribution in [2.45, 2.75) is 24.7 Å². The van der Waals surface area contributed by atoms with Crippen LogP contribution >= 0.6 is 0 Å². The summed E-state index contributed by atoms with van der Waals surface area (Å²) in [5.41, 5.74) is 1.75. The van der Waals surface area contributed by atoms with E-state index in [2.05, 4.69) is 19.8 Å². The molecule has 3 rings (SSSR count). The molecule has 132 valence electrons. The van der Waals surface area contributed by atoms with Crippen LogP contribution in [0.15, 0.2) is 41.8 Å². The molecule has 8 nitrogen and oxygen atoms in total. The van der Waals surface area contributed by atoms with Crippen LogP contribution in [0.1, 0.15) is 17.5 Å². The van der Waals surface area contributed by atoms with Gasteiger partial charge in [0.1, 0.15) is 12.1 Å². The van der Waals surface area contributed by atoms with Gasteiger partial charge in [0.05, 0.1) is 12.0 Å². The Hall–Kier alpha value is -2.52. The number of nitrogens with zero attached hydrogens (tertiary/aromatic N) is 4. The van der Waals surface area contributed by atoms with Crippen LogP contribution in [0.2, 0.25) is 0 Å². The molecular formula is C16H19N5O3S. The smallest absolute Gasteiger partial charge is 0.252 e. The maximum Gasteiger partial charge on any atom is 0.252 e. The fraction of sp³-hybridized carbons (Fsp3) is 0.312. The lowest BCUT2D eigenvalue weighted by Gasteiger charge is -2.09. The van der Waals surface area contributed by atoms with E-state index in [1.54, 1.807) is 30.0 Å². The highest BCUT2D eigenvalue weighted by atomic mass is 32.2. The van der Waals surface area contributed by atoms with Crippen molar-refractivity contribution in [2.24, 2.45) is 0 Å². The Bertz CT molecular complexity index is 984.